The van der Waals surface area contributed by atoms with Gasteiger partial charge in [-0.15, -0.1) is 5.10 Å². The van der Waals surface area contributed by atoms with Crippen molar-refractivity contribution < 1.29 is 23.8 Å². The first-order chi connectivity index (χ1) is 11.0. The Morgan fingerprint density at radius 2 is 2.22 bits per heavy atom. The van der Waals surface area contributed by atoms with Gasteiger partial charge in [0, 0.05) is 0 Å². The molecule has 126 valence electrons. The summed E-state index contributed by atoms with van der Waals surface area (Å²) >= 11 is 0. The van der Waals surface area contributed by atoms with Crippen LogP contribution in [0.2, 0.25) is 0 Å². The second-order valence-corrected chi connectivity index (χ2v) is 6.23. The predicted molar refractivity (Wildman–Crippen MR) is 77.1 cm³/mol. The van der Waals surface area contributed by atoms with Crippen molar-refractivity contribution in [3.63, 3.8) is 0 Å². The third kappa shape index (κ3) is 2.71. The molecule has 8 nitrogen and oxygen atoms in total. The molecule has 2 fully saturated rings. The summed E-state index contributed by atoms with van der Waals surface area (Å²) in [5, 5.41) is 8.23. The quantitative estimate of drug-likeness (QED) is 0.717. The average Bonchev–Trinajstić information content (AvgIpc) is 2.95. The summed E-state index contributed by atoms with van der Waals surface area (Å²) in [6, 6.07) is 0.174. The molecule has 0 spiro atoms. The number of carbonyl (C=O) groups excluding carboxylic acids is 2. The zero-order valence-electron chi connectivity index (χ0n) is 13.5. The third-order valence-electron chi connectivity index (χ3n) is 4.99. The standard InChI is InChI=1S/C15H21N3O5/c1-9(13(19)21-2)23-8-10-7-18(17-16-10)12-4-5-15(6-11(12)15)14(20)22-3/h7,9,11-12H,4-6,8H2,1-3H3/t9-,11-,12-,15+/m1/s1. The van der Waals surface area contributed by atoms with Crippen molar-refractivity contribution in [1.82, 2.24) is 15.0 Å². The van der Waals surface area contributed by atoms with E-state index in [1.807, 2.05) is 10.9 Å². The van der Waals surface area contributed by atoms with Crippen molar-refractivity contribution in [2.24, 2.45) is 11.3 Å². The van der Waals surface area contributed by atoms with Gasteiger partial charge in [0.25, 0.3) is 0 Å². The topological polar surface area (TPSA) is 92.5 Å². The molecule has 2 saturated carbocycles. The molecule has 0 N–H and O–H groups in total. The highest BCUT2D eigenvalue weighted by atomic mass is 16.6. The smallest absolute Gasteiger partial charge is 0.334 e. The van der Waals surface area contributed by atoms with Crippen LogP contribution in [0, 0.1) is 11.3 Å². The summed E-state index contributed by atoms with van der Waals surface area (Å²) in [5.74, 6) is -0.256. The van der Waals surface area contributed by atoms with E-state index in [0.717, 1.165) is 19.3 Å². The van der Waals surface area contributed by atoms with Gasteiger partial charge >= 0.3 is 11.9 Å². The number of ether oxygens (including phenoxy) is 3. The van der Waals surface area contributed by atoms with Crippen LogP contribution in [-0.2, 0) is 30.4 Å². The third-order valence-corrected chi connectivity index (χ3v) is 4.99. The van der Waals surface area contributed by atoms with E-state index in [-0.39, 0.29) is 30.0 Å². The number of aromatic nitrogens is 3. The Morgan fingerprint density at radius 1 is 1.43 bits per heavy atom. The van der Waals surface area contributed by atoms with Crippen LogP contribution in [0.15, 0.2) is 6.20 Å². The predicted octanol–water partition coefficient (Wildman–Crippen LogP) is 0.870. The van der Waals surface area contributed by atoms with Crippen LogP contribution in [-0.4, -0.2) is 47.3 Å². The van der Waals surface area contributed by atoms with Crippen LogP contribution in [0.3, 0.4) is 0 Å². The minimum absolute atomic E-state index is 0.111. The Hall–Kier alpha value is -1.96. The van der Waals surface area contributed by atoms with Gasteiger partial charge in [-0.1, -0.05) is 5.21 Å². The molecule has 0 bridgehead atoms. The van der Waals surface area contributed by atoms with Crippen molar-refractivity contribution in [1.29, 1.82) is 0 Å². The summed E-state index contributed by atoms with van der Waals surface area (Å²) in [6.07, 6.45) is 3.75. The number of esters is 2. The van der Waals surface area contributed by atoms with Crippen molar-refractivity contribution in [2.45, 2.75) is 44.9 Å². The second-order valence-electron chi connectivity index (χ2n) is 6.23. The van der Waals surface area contributed by atoms with Gasteiger partial charge in [-0.3, -0.25) is 4.79 Å². The number of hydrogen-bond donors (Lipinski definition) is 0. The average molecular weight is 323 g/mol. The molecule has 0 aromatic carbocycles. The molecule has 8 heteroatoms. The highest BCUT2D eigenvalue weighted by Gasteiger charge is 2.67. The second kappa shape index (κ2) is 5.92. The van der Waals surface area contributed by atoms with Gasteiger partial charge in [0.1, 0.15) is 5.69 Å². The lowest BCUT2D eigenvalue weighted by Gasteiger charge is -2.10. The number of hydrogen-bond acceptors (Lipinski definition) is 7. The highest BCUT2D eigenvalue weighted by Crippen LogP contribution is 2.67. The van der Waals surface area contributed by atoms with Crippen LogP contribution in [0.1, 0.15) is 37.9 Å². The van der Waals surface area contributed by atoms with Gasteiger partial charge in [-0.2, -0.15) is 0 Å². The Labute approximate surface area is 134 Å². The first-order valence-electron chi connectivity index (χ1n) is 7.70. The number of carbonyl (C=O) groups is 2. The molecule has 23 heavy (non-hydrogen) atoms. The Morgan fingerprint density at radius 3 is 2.87 bits per heavy atom. The van der Waals surface area contributed by atoms with E-state index in [2.05, 4.69) is 15.0 Å². The van der Waals surface area contributed by atoms with Crippen LogP contribution >= 0.6 is 0 Å². The van der Waals surface area contributed by atoms with Gasteiger partial charge in [-0.05, 0) is 32.1 Å². The zero-order valence-corrected chi connectivity index (χ0v) is 13.5. The number of methoxy groups -OCH3 is 2. The Bertz CT molecular complexity index is 616. The fourth-order valence-corrected chi connectivity index (χ4v) is 3.57. The normalized spacial score (nSPS) is 29.7. The van der Waals surface area contributed by atoms with Crippen molar-refractivity contribution >= 4 is 11.9 Å². The molecular weight excluding hydrogens is 302 g/mol. The van der Waals surface area contributed by atoms with Crippen molar-refractivity contribution in [3.8, 4) is 0 Å². The molecule has 4 atom stereocenters. The van der Waals surface area contributed by atoms with Crippen LogP contribution in [0.25, 0.3) is 0 Å². The first kappa shape index (κ1) is 15.9. The van der Waals surface area contributed by atoms with E-state index < -0.39 is 12.1 Å². The number of rotatable bonds is 6. The lowest BCUT2D eigenvalue weighted by Crippen LogP contribution is -2.21. The van der Waals surface area contributed by atoms with Gasteiger partial charge in [-0.25, -0.2) is 9.48 Å². The fraction of sp³-hybridized carbons (Fsp3) is 0.733. The molecule has 1 aromatic rings. The van der Waals surface area contributed by atoms with Gasteiger partial charge in [0.15, 0.2) is 6.10 Å². The van der Waals surface area contributed by atoms with E-state index in [0.29, 0.717) is 5.69 Å². The minimum atomic E-state index is -0.646. The van der Waals surface area contributed by atoms with E-state index >= 15 is 0 Å². The summed E-state index contributed by atoms with van der Waals surface area (Å²) in [6.45, 7) is 1.82. The molecule has 0 unspecified atom stereocenters. The maximum Gasteiger partial charge on any atom is 0.334 e. The molecule has 0 radical (unpaired) electrons. The molecule has 0 aliphatic heterocycles. The Kier molecular flexibility index (Phi) is 4.09. The molecule has 2 aliphatic carbocycles. The molecule has 1 aromatic heterocycles. The molecular formula is C15H21N3O5. The minimum Gasteiger partial charge on any atom is -0.469 e. The van der Waals surface area contributed by atoms with Crippen LogP contribution in [0.5, 0.6) is 0 Å². The fourth-order valence-electron chi connectivity index (χ4n) is 3.57. The Balaban J connectivity index is 1.59. The van der Waals surface area contributed by atoms with E-state index in [1.165, 1.54) is 14.2 Å². The largest absolute Gasteiger partial charge is 0.469 e. The summed E-state index contributed by atoms with van der Waals surface area (Å²) in [7, 11) is 2.76. The maximum atomic E-state index is 11.9. The van der Waals surface area contributed by atoms with Gasteiger partial charge in [0.2, 0.25) is 0 Å². The van der Waals surface area contributed by atoms with Crippen LogP contribution in [0.4, 0.5) is 0 Å². The zero-order chi connectivity index (χ0) is 16.6. The van der Waals surface area contributed by atoms with Crippen molar-refractivity contribution in [3.05, 3.63) is 11.9 Å². The molecule has 0 saturated heterocycles. The summed E-state index contributed by atoms with van der Waals surface area (Å²) < 4.78 is 16.7. The van der Waals surface area contributed by atoms with Gasteiger partial charge < -0.3 is 14.2 Å². The SMILES string of the molecule is COC(=O)[C@@H](C)OCc1cn([C@@H]2CC[C@]3(C(=O)OC)C[C@H]23)nn1. The lowest BCUT2D eigenvalue weighted by atomic mass is 10.1. The number of fused-ring (bicyclic) bond motifs is 1. The molecule has 2 aliphatic rings. The van der Waals surface area contributed by atoms with Crippen molar-refractivity contribution in [2.75, 3.05) is 14.2 Å². The molecule has 1 heterocycles. The summed E-state index contributed by atoms with van der Waals surface area (Å²) in [4.78, 5) is 23.2. The lowest BCUT2D eigenvalue weighted by molar-refractivity contribution is -0.153. The summed E-state index contributed by atoms with van der Waals surface area (Å²) in [5.41, 5.74) is 0.346. The van der Waals surface area contributed by atoms with Gasteiger partial charge in [0.05, 0.1) is 38.5 Å². The monoisotopic (exact) mass is 323 g/mol. The van der Waals surface area contributed by atoms with E-state index in [1.54, 1.807) is 6.92 Å². The molecule has 0 amide bonds. The number of nitrogens with zero attached hydrogens (tertiary/aromatic N) is 3. The van der Waals surface area contributed by atoms with Crippen LogP contribution < -0.4 is 0 Å². The van der Waals surface area contributed by atoms with E-state index in [4.69, 9.17) is 9.47 Å². The van der Waals surface area contributed by atoms with E-state index in [9.17, 15) is 9.59 Å². The molecule has 3 rings (SSSR count). The first-order valence-corrected chi connectivity index (χ1v) is 7.70. The maximum absolute atomic E-state index is 11.9. The highest BCUT2D eigenvalue weighted by molar-refractivity contribution is 5.81.